The zero-order valence-corrected chi connectivity index (χ0v) is 12.2. The number of rotatable bonds is 2. The summed E-state index contributed by atoms with van der Waals surface area (Å²) in [6, 6.07) is 9.57. The van der Waals surface area contributed by atoms with E-state index in [2.05, 4.69) is 25.8 Å². The second-order valence-electron chi connectivity index (χ2n) is 4.77. The molecule has 1 aliphatic heterocycles. The van der Waals surface area contributed by atoms with E-state index < -0.39 is 0 Å². The average molecular weight is 300 g/mol. The average Bonchev–Trinajstić information content (AvgIpc) is 2.55. The fraction of sp³-hybridized carbons (Fsp3) is 0.267. The van der Waals surface area contributed by atoms with Gasteiger partial charge in [0.15, 0.2) is 0 Å². The lowest BCUT2D eigenvalue weighted by Crippen LogP contribution is -2.47. The lowest BCUT2D eigenvalue weighted by Gasteiger charge is -2.36. The fourth-order valence-electron chi connectivity index (χ4n) is 2.49. The molecule has 106 valence electrons. The van der Waals surface area contributed by atoms with Crippen molar-refractivity contribution in [3.05, 3.63) is 47.2 Å². The fourth-order valence-corrected chi connectivity index (χ4v) is 2.70. The Morgan fingerprint density at radius 3 is 2.33 bits per heavy atom. The van der Waals surface area contributed by atoms with Gasteiger partial charge in [0, 0.05) is 38.6 Å². The number of nitrogens with zero attached hydrogens (tertiary/aromatic N) is 5. The van der Waals surface area contributed by atoms with Crippen LogP contribution in [0.4, 0.5) is 11.6 Å². The number of aromatic nitrogens is 2. The van der Waals surface area contributed by atoms with Crippen LogP contribution in [-0.4, -0.2) is 36.1 Å². The monoisotopic (exact) mass is 299 g/mol. The van der Waals surface area contributed by atoms with E-state index in [0.29, 0.717) is 10.6 Å². The van der Waals surface area contributed by atoms with Gasteiger partial charge in [-0.3, -0.25) is 0 Å². The minimum atomic E-state index is 0.504. The summed E-state index contributed by atoms with van der Waals surface area (Å²) < 4.78 is 0. The van der Waals surface area contributed by atoms with Crippen LogP contribution in [0.3, 0.4) is 0 Å². The van der Waals surface area contributed by atoms with E-state index >= 15 is 0 Å². The lowest BCUT2D eigenvalue weighted by molar-refractivity contribution is 0.639. The molecule has 0 aliphatic carbocycles. The molecule has 0 bridgehead atoms. The zero-order chi connectivity index (χ0) is 14.7. The molecule has 1 aromatic carbocycles. The Hall–Kier alpha value is -2.32. The Morgan fingerprint density at radius 2 is 1.67 bits per heavy atom. The maximum atomic E-state index is 9.27. The van der Waals surface area contributed by atoms with E-state index in [1.54, 1.807) is 18.5 Å². The number of piperazine rings is 1. The van der Waals surface area contributed by atoms with Crippen molar-refractivity contribution in [3.8, 4) is 6.07 Å². The van der Waals surface area contributed by atoms with Crippen molar-refractivity contribution in [3.63, 3.8) is 0 Å². The molecule has 2 aromatic rings. The molecule has 0 spiro atoms. The third kappa shape index (κ3) is 2.76. The zero-order valence-electron chi connectivity index (χ0n) is 11.4. The first kappa shape index (κ1) is 13.7. The molecule has 0 atom stereocenters. The van der Waals surface area contributed by atoms with Crippen LogP contribution in [0.15, 0.2) is 36.7 Å². The first-order valence-corrected chi connectivity index (χ1v) is 7.13. The van der Waals surface area contributed by atoms with Crippen LogP contribution in [0.5, 0.6) is 0 Å². The van der Waals surface area contributed by atoms with Gasteiger partial charge >= 0.3 is 0 Å². The quantitative estimate of drug-likeness (QED) is 0.852. The number of hydrogen-bond donors (Lipinski definition) is 0. The van der Waals surface area contributed by atoms with Gasteiger partial charge in [0.25, 0.3) is 0 Å². The normalized spacial score (nSPS) is 14.9. The molecule has 1 aliphatic rings. The predicted octanol–water partition coefficient (Wildman–Crippen LogP) is 2.33. The van der Waals surface area contributed by atoms with E-state index in [9.17, 15) is 5.26 Å². The number of hydrogen-bond acceptors (Lipinski definition) is 5. The van der Waals surface area contributed by atoms with Gasteiger partial charge in [-0.25, -0.2) is 9.97 Å². The second-order valence-corrected chi connectivity index (χ2v) is 5.18. The van der Waals surface area contributed by atoms with Crippen LogP contribution in [0, 0.1) is 11.3 Å². The Morgan fingerprint density at radius 1 is 1.00 bits per heavy atom. The van der Waals surface area contributed by atoms with E-state index in [1.807, 2.05) is 18.2 Å². The number of benzene rings is 1. The highest BCUT2D eigenvalue weighted by Crippen LogP contribution is 2.27. The first-order valence-electron chi connectivity index (χ1n) is 6.75. The SMILES string of the molecule is N#Cc1c(Cl)cccc1N1CCN(c2ncccn2)CC1. The molecule has 2 heterocycles. The van der Waals surface area contributed by atoms with Crippen LogP contribution in [-0.2, 0) is 0 Å². The molecule has 0 unspecified atom stereocenters. The Labute approximate surface area is 128 Å². The van der Waals surface area contributed by atoms with Gasteiger partial charge in [0.2, 0.25) is 5.95 Å². The summed E-state index contributed by atoms with van der Waals surface area (Å²) in [4.78, 5) is 12.9. The Balaban J connectivity index is 1.75. The summed E-state index contributed by atoms with van der Waals surface area (Å²) in [7, 11) is 0. The van der Waals surface area contributed by atoms with E-state index in [-0.39, 0.29) is 0 Å². The van der Waals surface area contributed by atoms with Gasteiger partial charge in [-0.05, 0) is 18.2 Å². The van der Waals surface area contributed by atoms with Crippen molar-refractivity contribution in [2.24, 2.45) is 0 Å². The summed E-state index contributed by atoms with van der Waals surface area (Å²) in [5, 5.41) is 9.77. The topological polar surface area (TPSA) is 56.1 Å². The first-order chi connectivity index (χ1) is 10.3. The summed E-state index contributed by atoms with van der Waals surface area (Å²) in [5.41, 5.74) is 1.45. The van der Waals surface area contributed by atoms with E-state index in [1.165, 1.54) is 0 Å². The molecule has 1 fully saturated rings. The third-order valence-corrected chi connectivity index (χ3v) is 3.87. The van der Waals surface area contributed by atoms with Crippen LogP contribution in [0.2, 0.25) is 5.02 Å². The Bertz CT molecular complexity index is 660. The van der Waals surface area contributed by atoms with E-state index in [4.69, 9.17) is 11.6 Å². The van der Waals surface area contributed by atoms with Crippen molar-refractivity contribution in [2.45, 2.75) is 0 Å². The second kappa shape index (κ2) is 5.98. The molecular weight excluding hydrogens is 286 g/mol. The molecule has 6 heteroatoms. The van der Waals surface area contributed by atoms with E-state index in [0.717, 1.165) is 37.8 Å². The van der Waals surface area contributed by atoms with Crippen molar-refractivity contribution < 1.29 is 0 Å². The van der Waals surface area contributed by atoms with Gasteiger partial charge < -0.3 is 9.80 Å². The molecular formula is C15H14ClN5. The van der Waals surface area contributed by atoms with Crippen molar-refractivity contribution in [1.82, 2.24) is 9.97 Å². The molecule has 0 radical (unpaired) electrons. The van der Waals surface area contributed by atoms with Gasteiger partial charge in [0.1, 0.15) is 6.07 Å². The highest BCUT2D eigenvalue weighted by Gasteiger charge is 2.21. The van der Waals surface area contributed by atoms with Crippen LogP contribution >= 0.6 is 11.6 Å². The van der Waals surface area contributed by atoms with Crippen LogP contribution in [0.1, 0.15) is 5.56 Å². The predicted molar refractivity (Wildman–Crippen MR) is 82.6 cm³/mol. The minimum Gasteiger partial charge on any atom is -0.367 e. The largest absolute Gasteiger partial charge is 0.367 e. The van der Waals surface area contributed by atoms with Gasteiger partial charge in [0.05, 0.1) is 16.3 Å². The summed E-state index contributed by atoms with van der Waals surface area (Å²) in [6.45, 7) is 3.27. The highest BCUT2D eigenvalue weighted by atomic mass is 35.5. The molecule has 21 heavy (non-hydrogen) atoms. The van der Waals surface area contributed by atoms with Crippen molar-refractivity contribution in [2.75, 3.05) is 36.0 Å². The van der Waals surface area contributed by atoms with Crippen LogP contribution in [0.25, 0.3) is 0 Å². The molecule has 0 amide bonds. The summed E-state index contributed by atoms with van der Waals surface area (Å²) >= 11 is 6.09. The van der Waals surface area contributed by atoms with Gasteiger partial charge in [-0.1, -0.05) is 17.7 Å². The smallest absolute Gasteiger partial charge is 0.225 e. The summed E-state index contributed by atoms with van der Waals surface area (Å²) in [5.74, 6) is 0.753. The molecule has 5 nitrogen and oxygen atoms in total. The molecule has 3 rings (SSSR count). The molecule has 0 N–H and O–H groups in total. The maximum absolute atomic E-state index is 9.27. The maximum Gasteiger partial charge on any atom is 0.225 e. The van der Waals surface area contributed by atoms with Crippen LogP contribution < -0.4 is 9.80 Å². The number of halogens is 1. The van der Waals surface area contributed by atoms with Gasteiger partial charge in [-0.15, -0.1) is 0 Å². The van der Waals surface area contributed by atoms with Crippen molar-refractivity contribution in [1.29, 1.82) is 5.26 Å². The molecule has 1 aromatic heterocycles. The standard InChI is InChI=1S/C15H14ClN5/c16-13-3-1-4-14(12(13)11-17)20-7-9-21(10-8-20)15-18-5-2-6-19-15/h1-6H,7-10H2. The molecule has 0 saturated carbocycles. The van der Waals surface area contributed by atoms with Gasteiger partial charge in [-0.2, -0.15) is 5.26 Å². The highest BCUT2D eigenvalue weighted by molar-refractivity contribution is 6.32. The lowest BCUT2D eigenvalue weighted by atomic mass is 10.1. The summed E-state index contributed by atoms with van der Waals surface area (Å²) in [6.07, 6.45) is 3.50. The Kier molecular flexibility index (Phi) is 3.89. The molecule has 1 saturated heterocycles. The van der Waals surface area contributed by atoms with Crippen molar-refractivity contribution >= 4 is 23.2 Å². The number of anilines is 2. The third-order valence-electron chi connectivity index (χ3n) is 3.56. The minimum absolute atomic E-state index is 0.504. The number of nitriles is 1.